The molecule has 5 heteroatoms. The number of carbonyl (C=O) groups is 2. The Bertz CT molecular complexity index is 560. The highest BCUT2D eigenvalue weighted by Crippen LogP contribution is 2.38. The highest BCUT2D eigenvalue weighted by Gasteiger charge is 2.39. The average molecular weight is 288 g/mol. The number of anilines is 1. The third-order valence-corrected chi connectivity index (χ3v) is 4.78. The molecule has 0 bridgehead atoms. The molecular formula is C16H20N2O3. The molecule has 1 heterocycles. The Hall–Kier alpha value is -2.04. The Balaban J connectivity index is 1.78. The maximum Gasteiger partial charge on any atom is 0.337 e. The van der Waals surface area contributed by atoms with Gasteiger partial charge in [-0.25, -0.2) is 9.59 Å². The van der Waals surface area contributed by atoms with Crippen LogP contribution in [0.2, 0.25) is 0 Å². The van der Waals surface area contributed by atoms with Crippen LogP contribution in [-0.4, -0.2) is 42.1 Å². The smallest absolute Gasteiger partial charge is 0.337 e. The average Bonchev–Trinajstić information content (AvgIpc) is 3.06. The summed E-state index contributed by atoms with van der Waals surface area (Å²) in [5, 5.41) is 9.24. The summed E-state index contributed by atoms with van der Waals surface area (Å²) in [6, 6.07) is 6.53. The van der Waals surface area contributed by atoms with Gasteiger partial charge in [-0.1, -0.05) is 18.6 Å². The summed E-state index contributed by atoms with van der Waals surface area (Å²) in [4.78, 5) is 27.2. The van der Waals surface area contributed by atoms with Crippen molar-refractivity contribution in [3.8, 4) is 0 Å². The number of carboxylic acid groups (broad SMARTS) is 1. The number of para-hydroxylation sites is 1. The van der Waals surface area contributed by atoms with Gasteiger partial charge < -0.3 is 10.0 Å². The molecule has 1 saturated carbocycles. The van der Waals surface area contributed by atoms with Crippen LogP contribution in [0.5, 0.6) is 0 Å². The van der Waals surface area contributed by atoms with E-state index in [1.807, 2.05) is 4.90 Å². The van der Waals surface area contributed by atoms with Gasteiger partial charge in [-0.3, -0.25) is 4.90 Å². The molecule has 1 aliphatic carbocycles. The number of urea groups is 1. The van der Waals surface area contributed by atoms with E-state index in [0.717, 1.165) is 13.1 Å². The molecule has 0 spiro atoms. The van der Waals surface area contributed by atoms with Crippen molar-refractivity contribution in [3.63, 3.8) is 0 Å². The predicted octanol–water partition coefficient (Wildman–Crippen LogP) is 2.67. The van der Waals surface area contributed by atoms with Gasteiger partial charge in [-0.05, 0) is 36.8 Å². The maximum atomic E-state index is 12.6. The molecule has 2 aliphatic rings. The van der Waals surface area contributed by atoms with Crippen LogP contribution in [0.3, 0.4) is 0 Å². The highest BCUT2D eigenvalue weighted by atomic mass is 16.4. The van der Waals surface area contributed by atoms with Crippen LogP contribution in [0.15, 0.2) is 24.3 Å². The summed E-state index contributed by atoms with van der Waals surface area (Å²) in [7, 11) is 1.65. The van der Waals surface area contributed by atoms with Gasteiger partial charge in [0, 0.05) is 20.1 Å². The molecule has 2 unspecified atom stereocenters. The van der Waals surface area contributed by atoms with Gasteiger partial charge in [-0.2, -0.15) is 0 Å². The van der Waals surface area contributed by atoms with E-state index in [9.17, 15) is 14.7 Å². The van der Waals surface area contributed by atoms with Gasteiger partial charge in [0.25, 0.3) is 0 Å². The zero-order chi connectivity index (χ0) is 15.0. The molecular weight excluding hydrogens is 268 g/mol. The van der Waals surface area contributed by atoms with E-state index in [1.165, 1.54) is 30.2 Å². The normalized spacial score (nSPS) is 24.0. The SMILES string of the molecule is CN(C(=O)N1CC2CCCC2C1)c1ccccc1C(=O)O. The first-order valence-corrected chi connectivity index (χ1v) is 7.43. The van der Waals surface area contributed by atoms with E-state index in [0.29, 0.717) is 17.5 Å². The molecule has 112 valence electrons. The largest absolute Gasteiger partial charge is 0.478 e. The molecule has 0 aromatic heterocycles. The molecule has 0 radical (unpaired) electrons. The van der Waals surface area contributed by atoms with Gasteiger partial charge >= 0.3 is 12.0 Å². The molecule has 2 fully saturated rings. The monoisotopic (exact) mass is 288 g/mol. The molecule has 1 aromatic rings. The lowest BCUT2D eigenvalue weighted by molar-refractivity contribution is 0.0697. The maximum absolute atomic E-state index is 12.6. The van der Waals surface area contributed by atoms with Crippen molar-refractivity contribution >= 4 is 17.7 Å². The van der Waals surface area contributed by atoms with Crippen molar-refractivity contribution in [3.05, 3.63) is 29.8 Å². The Morgan fingerprint density at radius 3 is 2.43 bits per heavy atom. The second-order valence-corrected chi connectivity index (χ2v) is 6.02. The number of nitrogens with zero attached hydrogens (tertiary/aromatic N) is 2. The van der Waals surface area contributed by atoms with Crippen LogP contribution < -0.4 is 4.90 Å². The molecule has 5 nitrogen and oxygen atoms in total. The number of amides is 2. The summed E-state index contributed by atoms with van der Waals surface area (Å²) in [6.07, 6.45) is 3.70. The highest BCUT2D eigenvalue weighted by molar-refractivity contribution is 6.01. The number of carboxylic acids is 1. The van der Waals surface area contributed by atoms with Crippen LogP contribution in [0.4, 0.5) is 10.5 Å². The van der Waals surface area contributed by atoms with E-state index >= 15 is 0 Å². The lowest BCUT2D eigenvalue weighted by Crippen LogP contribution is -2.41. The minimum Gasteiger partial charge on any atom is -0.478 e. The van der Waals surface area contributed by atoms with Crippen molar-refractivity contribution in [1.82, 2.24) is 4.90 Å². The van der Waals surface area contributed by atoms with Crippen LogP contribution in [-0.2, 0) is 0 Å². The fourth-order valence-electron chi connectivity index (χ4n) is 3.65. The lowest BCUT2D eigenvalue weighted by Gasteiger charge is -2.26. The lowest BCUT2D eigenvalue weighted by atomic mass is 10.0. The number of likely N-dealkylation sites (tertiary alicyclic amines) is 1. The molecule has 1 N–H and O–H groups in total. The topological polar surface area (TPSA) is 60.9 Å². The first-order chi connectivity index (χ1) is 10.1. The van der Waals surface area contributed by atoms with Gasteiger partial charge in [0.15, 0.2) is 0 Å². The number of rotatable bonds is 2. The summed E-state index contributed by atoms with van der Waals surface area (Å²) >= 11 is 0. The molecule has 1 saturated heterocycles. The van der Waals surface area contributed by atoms with Gasteiger partial charge in [0.05, 0.1) is 11.3 Å². The quantitative estimate of drug-likeness (QED) is 0.910. The van der Waals surface area contributed by atoms with E-state index in [4.69, 9.17) is 0 Å². The summed E-state index contributed by atoms with van der Waals surface area (Å²) in [5.41, 5.74) is 0.611. The number of aromatic carboxylic acids is 1. The van der Waals surface area contributed by atoms with E-state index in [2.05, 4.69) is 0 Å². The van der Waals surface area contributed by atoms with Gasteiger partial charge in [-0.15, -0.1) is 0 Å². The van der Waals surface area contributed by atoms with Crippen LogP contribution in [0.25, 0.3) is 0 Å². The van der Waals surface area contributed by atoms with Crippen LogP contribution in [0, 0.1) is 11.8 Å². The molecule has 1 aliphatic heterocycles. The van der Waals surface area contributed by atoms with Gasteiger partial charge in [0.2, 0.25) is 0 Å². The fourth-order valence-corrected chi connectivity index (χ4v) is 3.65. The first kappa shape index (κ1) is 13.9. The van der Waals surface area contributed by atoms with Crippen molar-refractivity contribution < 1.29 is 14.7 Å². The number of carbonyl (C=O) groups excluding carboxylic acids is 1. The zero-order valence-electron chi connectivity index (χ0n) is 12.2. The van der Waals surface area contributed by atoms with Crippen molar-refractivity contribution in [1.29, 1.82) is 0 Å². The number of hydrogen-bond acceptors (Lipinski definition) is 2. The van der Waals surface area contributed by atoms with Crippen LogP contribution in [0.1, 0.15) is 29.6 Å². The predicted molar refractivity (Wildman–Crippen MR) is 79.6 cm³/mol. The van der Waals surface area contributed by atoms with Crippen molar-refractivity contribution in [2.75, 3.05) is 25.0 Å². The molecule has 21 heavy (non-hydrogen) atoms. The Morgan fingerprint density at radius 1 is 1.19 bits per heavy atom. The Morgan fingerprint density at radius 2 is 1.81 bits per heavy atom. The summed E-state index contributed by atoms with van der Waals surface area (Å²) in [5.74, 6) is 0.262. The Kier molecular flexibility index (Phi) is 3.57. The number of hydrogen-bond donors (Lipinski definition) is 1. The second kappa shape index (κ2) is 5.39. The molecule has 2 atom stereocenters. The van der Waals surface area contributed by atoms with Crippen molar-refractivity contribution in [2.24, 2.45) is 11.8 Å². The van der Waals surface area contributed by atoms with E-state index in [1.54, 1.807) is 25.2 Å². The standard InChI is InChI=1S/C16H20N2O3/c1-17(14-8-3-2-7-13(14)15(19)20)16(21)18-9-11-5-4-6-12(11)10-18/h2-3,7-8,11-12H,4-6,9-10H2,1H3,(H,19,20). The minimum absolute atomic E-state index is 0.0990. The summed E-state index contributed by atoms with van der Waals surface area (Å²) < 4.78 is 0. The molecule has 1 aromatic carbocycles. The fraction of sp³-hybridized carbons (Fsp3) is 0.500. The summed E-state index contributed by atoms with van der Waals surface area (Å²) in [6.45, 7) is 1.62. The van der Waals surface area contributed by atoms with E-state index < -0.39 is 5.97 Å². The third kappa shape index (κ3) is 2.48. The first-order valence-electron chi connectivity index (χ1n) is 7.43. The Labute approximate surface area is 124 Å². The second-order valence-electron chi connectivity index (χ2n) is 6.02. The third-order valence-electron chi connectivity index (χ3n) is 4.78. The molecule has 3 rings (SSSR count). The minimum atomic E-state index is -1.01. The zero-order valence-corrected chi connectivity index (χ0v) is 12.2. The molecule has 2 amide bonds. The van der Waals surface area contributed by atoms with E-state index in [-0.39, 0.29) is 11.6 Å². The number of benzene rings is 1. The van der Waals surface area contributed by atoms with Crippen LogP contribution >= 0.6 is 0 Å². The van der Waals surface area contributed by atoms with Crippen molar-refractivity contribution in [2.45, 2.75) is 19.3 Å². The number of fused-ring (bicyclic) bond motifs is 1. The van der Waals surface area contributed by atoms with Gasteiger partial charge in [0.1, 0.15) is 0 Å².